The van der Waals surface area contributed by atoms with Crippen LogP contribution in [-0.2, 0) is 7.05 Å². The Balaban J connectivity index is 1.79. The van der Waals surface area contributed by atoms with Crippen molar-refractivity contribution >= 4 is 16.9 Å². The van der Waals surface area contributed by atoms with Crippen LogP contribution in [0, 0.1) is 13.8 Å². The van der Waals surface area contributed by atoms with E-state index in [0.717, 1.165) is 29.8 Å². The molecule has 118 valence electrons. The highest BCUT2D eigenvalue weighted by Gasteiger charge is 2.29. The second kappa shape index (κ2) is 5.33. The molecule has 0 amide bonds. The number of nitrogens with zero attached hydrogens (tertiary/aromatic N) is 5. The first kappa shape index (κ1) is 14.2. The molecule has 5 heteroatoms. The molecule has 5 nitrogen and oxygen atoms in total. The summed E-state index contributed by atoms with van der Waals surface area (Å²) < 4.78 is 1.81. The third kappa shape index (κ3) is 2.27. The molecule has 1 fully saturated rings. The quantitative estimate of drug-likeness (QED) is 0.728. The standard InChI is InChI=1S/C18H21N5/c1-12-6-7-14(9-13(12)2)16-5-4-8-23(16)18-15-10-21-22(3)17(15)19-11-20-18/h6-7,9-11,16H,4-5,8H2,1-3H3/t16-/m0/s1. The highest BCUT2D eigenvalue weighted by molar-refractivity contribution is 5.87. The minimum absolute atomic E-state index is 0.382. The van der Waals surface area contributed by atoms with Crippen LogP contribution in [0.5, 0.6) is 0 Å². The van der Waals surface area contributed by atoms with Gasteiger partial charge in [-0.05, 0) is 43.4 Å². The smallest absolute Gasteiger partial charge is 0.163 e. The zero-order valence-electron chi connectivity index (χ0n) is 13.8. The van der Waals surface area contributed by atoms with Crippen molar-refractivity contribution in [1.29, 1.82) is 0 Å². The van der Waals surface area contributed by atoms with Gasteiger partial charge >= 0.3 is 0 Å². The first-order valence-corrected chi connectivity index (χ1v) is 8.11. The van der Waals surface area contributed by atoms with Gasteiger partial charge in [-0.15, -0.1) is 0 Å². The number of rotatable bonds is 2. The Morgan fingerprint density at radius 1 is 1.13 bits per heavy atom. The molecule has 1 atom stereocenters. The molecule has 3 aromatic rings. The third-order valence-electron chi connectivity index (χ3n) is 4.95. The molecule has 0 spiro atoms. The number of fused-ring (bicyclic) bond motifs is 1. The van der Waals surface area contributed by atoms with Crippen LogP contribution in [0.25, 0.3) is 11.0 Å². The summed E-state index contributed by atoms with van der Waals surface area (Å²) in [7, 11) is 1.92. The molecule has 0 bridgehead atoms. The number of hydrogen-bond acceptors (Lipinski definition) is 4. The van der Waals surface area contributed by atoms with Crippen molar-refractivity contribution in [2.75, 3.05) is 11.4 Å². The molecule has 23 heavy (non-hydrogen) atoms. The highest BCUT2D eigenvalue weighted by Crippen LogP contribution is 2.38. The van der Waals surface area contributed by atoms with E-state index in [4.69, 9.17) is 0 Å². The van der Waals surface area contributed by atoms with E-state index in [2.05, 4.69) is 52.0 Å². The predicted molar refractivity (Wildman–Crippen MR) is 91.5 cm³/mol. The Morgan fingerprint density at radius 3 is 2.83 bits per heavy atom. The summed E-state index contributed by atoms with van der Waals surface area (Å²) in [6, 6.07) is 7.18. The second-order valence-corrected chi connectivity index (χ2v) is 6.40. The van der Waals surface area contributed by atoms with Gasteiger partial charge in [-0.3, -0.25) is 4.68 Å². The van der Waals surface area contributed by atoms with E-state index in [0.29, 0.717) is 6.04 Å². The van der Waals surface area contributed by atoms with Gasteiger partial charge in [0.15, 0.2) is 5.65 Å². The van der Waals surface area contributed by atoms with E-state index in [1.807, 2.05) is 17.9 Å². The fraction of sp³-hybridized carbons (Fsp3) is 0.389. The van der Waals surface area contributed by atoms with Crippen LogP contribution in [0.2, 0.25) is 0 Å². The molecule has 2 aromatic heterocycles. The molecule has 0 aliphatic carbocycles. The number of benzene rings is 1. The molecule has 3 heterocycles. The van der Waals surface area contributed by atoms with Gasteiger partial charge in [0, 0.05) is 13.6 Å². The zero-order valence-corrected chi connectivity index (χ0v) is 13.8. The lowest BCUT2D eigenvalue weighted by Gasteiger charge is -2.27. The first-order chi connectivity index (χ1) is 11.1. The number of anilines is 1. The molecule has 4 rings (SSSR count). The maximum atomic E-state index is 4.58. The Labute approximate surface area is 136 Å². The maximum absolute atomic E-state index is 4.58. The Hall–Kier alpha value is -2.43. The van der Waals surface area contributed by atoms with Gasteiger partial charge in [0.25, 0.3) is 0 Å². The molecular formula is C18H21N5. The molecule has 0 radical (unpaired) electrons. The normalized spacial score (nSPS) is 18.0. The summed E-state index contributed by atoms with van der Waals surface area (Å²) in [6.45, 7) is 5.37. The highest BCUT2D eigenvalue weighted by atomic mass is 15.3. The van der Waals surface area contributed by atoms with Gasteiger partial charge < -0.3 is 4.90 Å². The summed E-state index contributed by atoms with van der Waals surface area (Å²) in [5.74, 6) is 1.00. The topological polar surface area (TPSA) is 46.8 Å². The van der Waals surface area contributed by atoms with Crippen LogP contribution in [0.4, 0.5) is 5.82 Å². The fourth-order valence-corrected chi connectivity index (χ4v) is 3.52. The van der Waals surface area contributed by atoms with Crippen LogP contribution >= 0.6 is 0 Å². The summed E-state index contributed by atoms with van der Waals surface area (Å²) in [4.78, 5) is 11.4. The van der Waals surface area contributed by atoms with Gasteiger partial charge in [-0.2, -0.15) is 5.10 Å². The van der Waals surface area contributed by atoms with Crippen LogP contribution in [-0.4, -0.2) is 26.3 Å². The van der Waals surface area contributed by atoms with Crippen LogP contribution < -0.4 is 4.90 Å². The van der Waals surface area contributed by atoms with Crippen molar-refractivity contribution in [1.82, 2.24) is 19.7 Å². The number of hydrogen-bond donors (Lipinski definition) is 0. The van der Waals surface area contributed by atoms with E-state index in [1.54, 1.807) is 6.33 Å². The first-order valence-electron chi connectivity index (χ1n) is 8.11. The van der Waals surface area contributed by atoms with E-state index < -0.39 is 0 Å². The molecule has 0 N–H and O–H groups in total. The molecule has 0 saturated carbocycles. The van der Waals surface area contributed by atoms with Gasteiger partial charge in [-0.1, -0.05) is 18.2 Å². The minimum Gasteiger partial charge on any atom is -0.349 e. The van der Waals surface area contributed by atoms with Gasteiger partial charge in [0.1, 0.15) is 12.1 Å². The predicted octanol–water partition coefficient (Wildman–Crippen LogP) is 3.32. The average molecular weight is 307 g/mol. The fourth-order valence-electron chi connectivity index (χ4n) is 3.52. The maximum Gasteiger partial charge on any atom is 0.163 e. The number of aromatic nitrogens is 4. The van der Waals surface area contributed by atoms with E-state index in [9.17, 15) is 0 Å². The lowest BCUT2D eigenvalue weighted by atomic mass is 9.99. The second-order valence-electron chi connectivity index (χ2n) is 6.40. The van der Waals surface area contributed by atoms with E-state index >= 15 is 0 Å². The van der Waals surface area contributed by atoms with Crippen molar-refractivity contribution in [3.63, 3.8) is 0 Å². The Morgan fingerprint density at radius 2 is 2.00 bits per heavy atom. The van der Waals surface area contributed by atoms with Crippen LogP contribution in [0.3, 0.4) is 0 Å². The largest absolute Gasteiger partial charge is 0.349 e. The molecule has 0 unspecified atom stereocenters. The lowest BCUT2D eigenvalue weighted by molar-refractivity contribution is 0.712. The van der Waals surface area contributed by atoms with E-state index in [1.165, 1.54) is 23.1 Å². The average Bonchev–Trinajstić information content (AvgIpc) is 3.17. The van der Waals surface area contributed by atoms with Gasteiger partial charge in [0.05, 0.1) is 17.6 Å². The summed E-state index contributed by atoms with van der Waals surface area (Å²) in [5, 5.41) is 5.37. The summed E-state index contributed by atoms with van der Waals surface area (Å²) in [5.41, 5.74) is 4.96. The van der Waals surface area contributed by atoms with Crippen molar-refractivity contribution < 1.29 is 0 Å². The molecule has 1 saturated heterocycles. The van der Waals surface area contributed by atoms with Gasteiger partial charge in [0.2, 0.25) is 0 Å². The summed E-state index contributed by atoms with van der Waals surface area (Å²) in [6.07, 6.45) is 5.87. The SMILES string of the molecule is Cc1ccc([C@@H]2CCCN2c2ncnc3c2cnn3C)cc1C. The van der Waals surface area contributed by atoms with Gasteiger partial charge in [-0.25, -0.2) is 9.97 Å². The van der Waals surface area contributed by atoms with Crippen LogP contribution in [0.15, 0.2) is 30.7 Å². The third-order valence-corrected chi connectivity index (χ3v) is 4.95. The lowest BCUT2D eigenvalue weighted by Crippen LogP contribution is -2.24. The molecule has 1 aliphatic heterocycles. The van der Waals surface area contributed by atoms with Crippen molar-refractivity contribution in [2.45, 2.75) is 32.7 Å². The van der Waals surface area contributed by atoms with E-state index in [-0.39, 0.29) is 0 Å². The Bertz CT molecular complexity index is 867. The molecule has 1 aliphatic rings. The van der Waals surface area contributed by atoms with Crippen LogP contribution in [0.1, 0.15) is 35.6 Å². The van der Waals surface area contributed by atoms with Crippen molar-refractivity contribution in [3.8, 4) is 0 Å². The van der Waals surface area contributed by atoms with Crippen molar-refractivity contribution in [2.24, 2.45) is 7.05 Å². The summed E-state index contributed by atoms with van der Waals surface area (Å²) >= 11 is 0. The zero-order chi connectivity index (χ0) is 16.0. The molecule has 1 aromatic carbocycles. The number of aryl methyl sites for hydroxylation is 3. The monoisotopic (exact) mass is 307 g/mol. The molecular weight excluding hydrogens is 286 g/mol. The Kier molecular flexibility index (Phi) is 3.29. The minimum atomic E-state index is 0.382. The van der Waals surface area contributed by atoms with Crippen molar-refractivity contribution in [3.05, 3.63) is 47.4 Å².